The molecule has 0 aliphatic carbocycles. The van der Waals surface area contributed by atoms with Gasteiger partial charge < -0.3 is 4.74 Å². The number of hydrogen-bond donors (Lipinski definition) is 0. The molecule has 0 spiro atoms. The molecule has 0 radical (unpaired) electrons. The molecular formula is C16H15NO3. The smallest absolute Gasteiger partial charge is 0.344 e. The lowest BCUT2D eigenvalue weighted by molar-refractivity contribution is 0.0470. The van der Waals surface area contributed by atoms with E-state index in [2.05, 4.69) is 6.58 Å². The number of carbonyl (C=O) groups is 1. The molecule has 4 heteroatoms. The van der Waals surface area contributed by atoms with Gasteiger partial charge in [0.2, 0.25) is 0 Å². The Kier molecular flexibility index (Phi) is 4.15. The SMILES string of the molecule is C=Cn1c(C)ccc(C(=O)OCc2ccccc2)c1=O. The second-order valence-electron chi connectivity index (χ2n) is 4.31. The molecule has 0 saturated heterocycles. The third-order valence-corrected chi connectivity index (χ3v) is 2.94. The first-order valence-corrected chi connectivity index (χ1v) is 6.19. The number of nitrogens with zero attached hydrogens (tertiary/aromatic N) is 1. The minimum Gasteiger partial charge on any atom is -0.457 e. The van der Waals surface area contributed by atoms with E-state index in [4.69, 9.17) is 4.74 Å². The van der Waals surface area contributed by atoms with Crippen molar-refractivity contribution in [2.45, 2.75) is 13.5 Å². The van der Waals surface area contributed by atoms with Crippen LogP contribution in [0.1, 0.15) is 21.6 Å². The summed E-state index contributed by atoms with van der Waals surface area (Å²) in [5.74, 6) is -0.630. The minimum atomic E-state index is -0.630. The van der Waals surface area contributed by atoms with Crippen molar-refractivity contribution in [3.8, 4) is 0 Å². The number of carbonyl (C=O) groups excluding carboxylic acids is 1. The molecule has 0 aliphatic heterocycles. The molecular weight excluding hydrogens is 254 g/mol. The summed E-state index contributed by atoms with van der Waals surface area (Å²) in [6.45, 7) is 5.46. The summed E-state index contributed by atoms with van der Waals surface area (Å²) >= 11 is 0. The molecule has 0 bridgehead atoms. The first-order valence-electron chi connectivity index (χ1n) is 6.19. The number of ether oxygens (including phenoxy) is 1. The Morgan fingerprint density at radius 2 is 1.95 bits per heavy atom. The molecule has 0 atom stereocenters. The van der Waals surface area contributed by atoms with Crippen LogP contribution in [0.2, 0.25) is 0 Å². The van der Waals surface area contributed by atoms with Gasteiger partial charge in [-0.2, -0.15) is 0 Å². The van der Waals surface area contributed by atoms with Crippen molar-refractivity contribution in [3.63, 3.8) is 0 Å². The number of aryl methyl sites for hydroxylation is 1. The van der Waals surface area contributed by atoms with Crippen molar-refractivity contribution in [2.75, 3.05) is 0 Å². The largest absolute Gasteiger partial charge is 0.457 e. The number of esters is 1. The van der Waals surface area contributed by atoms with Gasteiger partial charge in [0.15, 0.2) is 0 Å². The number of hydrogen-bond acceptors (Lipinski definition) is 3. The van der Waals surface area contributed by atoms with Gasteiger partial charge in [0.1, 0.15) is 12.2 Å². The van der Waals surface area contributed by atoms with E-state index >= 15 is 0 Å². The van der Waals surface area contributed by atoms with Crippen LogP contribution in [0.4, 0.5) is 0 Å². The summed E-state index contributed by atoms with van der Waals surface area (Å²) in [6.07, 6.45) is 1.38. The molecule has 0 amide bonds. The first-order chi connectivity index (χ1) is 9.63. The van der Waals surface area contributed by atoms with Crippen LogP contribution in [-0.2, 0) is 11.3 Å². The highest BCUT2D eigenvalue weighted by Gasteiger charge is 2.14. The van der Waals surface area contributed by atoms with Gasteiger partial charge in [0.05, 0.1) is 0 Å². The maximum absolute atomic E-state index is 12.1. The zero-order valence-corrected chi connectivity index (χ0v) is 11.2. The lowest BCUT2D eigenvalue weighted by Crippen LogP contribution is -2.25. The van der Waals surface area contributed by atoms with Crippen LogP contribution in [0.25, 0.3) is 6.20 Å². The van der Waals surface area contributed by atoms with Crippen molar-refractivity contribution >= 4 is 12.2 Å². The molecule has 2 rings (SSSR count). The van der Waals surface area contributed by atoms with E-state index in [-0.39, 0.29) is 12.2 Å². The summed E-state index contributed by atoms with van der Waals surface area (Å²) in [5, 5.41) is 0. The predicted octanol–water partition coefficient (Wildman–Crippen LogP) is 2.61. The Bertz CT molecular complexity index is 687. The third-order valence-electron chi connectivity index (χ3n) is 2.94. The molecule has 20 heavy (non-hydrogen) atoms. The van der Waals surface area contributed by atoms with Crippen molar-refractivity contribution in [2.24, 2.45) is 0 Å². The number of rotatable bonds is 4. The van der Waals surface area contributed by atoms with Gasteiger partial charge in [-0.25, -0.2) is 4.79 Å². The molecule has 0 fully saturated rings. The van der Waals surface area contributed by atoms with Crippen molar-refractivity contribution in [1.82, 2.24) is 4.57 Å². The molecule has 0 N–H and O–H groups in total. The quantitative estimate of drug-likeness (QED) is 0.802. The van der Waals surface area contributed by atoms with Gasteiger partial charge in [0, 0.05) is 11.9 Å². The fourth-order valence-corrected chi connectivity index (χ4v) is 1.83. The van der Waals surface area contributed by atoms with Gasteiger partial charge >= 0.3 is 5.97 Å². The van der Waals surface area contributed by atoms with Crippen molar-refractivity contribution < 1.29 is 9.53 Å². The molecule has 4 nitrogen and oxygen atoms in total. The first kappa shape index (κ1) is 13.8. The highest BCUT2D eigenvalue weighted by Crippen LogP contribution is 2.05. The predicted molar refractivity (Wildman–Crippen MR) is 77.4 cm³/mol. The summed E-state index contributed by atoms with van der Waals surface area (Å²) in [4.78, 5) is 24.0. The van der Waals surface area contributed by atoms with Crippen LogP contribution >= 0.6 is 0 Å². The summed E-state index contributed by atoms with van der Waals surface area (Å²) in [6, 6.07) is 12.5. The second kappa shape index (κ2) is 6.02. The molecule has 1 heterocycles. The van der Waals surface area contributed by atoms with E-state index < -0.39 is 11.5 Å². The van der Waals surface area contributed by atoms with Crippen molar-refractivity contribution in [1.29, 1.82) is 0 Å². The second-order valence-corrected chi connectivity index (χ2v) is 4.31. The normalized spacial score (nSPS) is 10.1. The lowest BCUT2D eigenvalue weighted by Gasteiger charge is -2.08. The minimum absolute atomic E-state index is 0.00595. The number of pyridine rings is 1. The Balaban J connectivity index is 2.18. The number of aromatic nitrogens is 1. The van der Waals surface area contributed by atoms with Crippen LogP contribution in [0, 0.1) is 6.92 Å². The summed E-state index contributed by atoms with van der Waals surface area (Å²) in [7, 11) is 0. The van der Waals surface area contributed by atoms with Gasteiger partial charge in [0.25, 0.3) is 5.56 Å². The molecule has 102 valence electrons. The van der Waals surface area contributed by atoms with E-state index in [0.717, 1.165) is 5.56 Å². The lowest BCUT2D eigenvalue weighted by atomic mass is 10.2. The highest BCUT2D eigenvalue weighted by molar-refractivity contribution is 5.89. The van der Waals surface area contributed by atoms with Gasteiger partial charge in [-0.3, -0.25) is 9.36 Å². The standard InChI is InChI=1S/C16H15NO3/c1-3-17-12(2)9-10-14(15(17)18)16(19)20-11-13-7-5-4-6-8-13/h3-10H,1,11H2,2H3. The Hall–Kier alpha value is -2.62. The fraction of sp³-hybridized carbons (Fsp3) is 0.125. The average Bonchev–Trinajstić information content (AvgIpc) is 2.46. The molecule has 1 aromatic heterocycles. The maximum atomic E-state index is 12.1. The molecule has 1 aromatic carbocycles. The molecule has 2 aromatic rings. The maximum Gasteiger partial charge on any atom is 0.344 e. The zero-order chi connectivity index (χ0) is 14.5. The van der Waals surface area contributed by atoms with E-state index in [1.807, 2.05) is 30.3 Å². The Morgan fingerprint density at radius 3 is 2.60 bits per heavy atom. The van der Waals surface area contributed by atoms with E-state index in [1.54, 1.807) is 13.0 Å². The van der Waals surface area contributed by atoms with E-state index in [0.29, 0.717) is 5.69 Å². The van der Waals surface area contributed by atoms with Crippen LogP contribution < -0.4 is 5.56 Å². The van der Waals surface area contributed by atoms with E-state index in [1.165, 1.54) is 16.8 Å². The van der Waals surface area contributed by atoms with Crippen LogP contribution in [0.3, 0.4) is 0 Å². The number of benzene rings is 1. The van der Waals surface area contributed by atoms with Gasteiger partial charge in [-0.1, -0.05) is 36.9 Å². The topological polar surface area (TPSA) is 48.3 Å². The Labute approximate surface area is 116 Å². The Morgan fingerprint density at radius 1 is 1.25 bits per heavy atom. The molecule has 0 saturated carbocycles. The zero-order valence-electron chi connectivity index (χ0n) is 11.2. The van der Waals surface area contributed by atoms with Gasteiger partial charge in [-0.15, -0.1) is 0 Å². The monoisotopic (exact) mass is 269 g/mol. The molecule has 0 aliphatic rings. The van der Waals surface area contributed by atoms with Crippen LogP contribution in [0.5, 0.6) is 0 Å². The average molecular weight is 269 g/mol. The van der Waals surface area contributed by atoms with Crippen LogP contribution in [-0.4, -0.2) is 10.5 Å². The van der Waals surface area contributed by atoms with Gasteiger partial charge in [-0.05, 0) is 24.6 Å². The summed E-state index contributed by atoms with van der Waals surface area (Å²) < 4.78 is 6.47. The fourth-order valence-electron chi connectivity index (χ4n) is 1.83. The third kappa shape index (κ3) is 2.85. The van der Waals surface area contributed by atoms with Crippen molar-refractivity contribution in [3.05, 3.63) is 76.2 Å². The van der Waals surface area contributed by atoms with E-state index in [9.17, 15) is 9.59 Å². The molecule has 0 unspecified atom stereocenters. The highest BCUT2D eigenvalue weighted by atomic mass is 16.5. The van der Waals surface area contributed by atoms with Crippen LogP contribution in [0.15, 0.2) is 53.8 Å². The summed E-state index contributed by atoms with van der Waals surface area (Å²) in [5.41, 5.74) is 1.17.